The van der Waals surface area contributed by atoms with E-state index in [4.69, 9.17) is 9.47 Å². The fraction of sp³-hybridized carbons (Fsp3) is 0.682. The second-order valence-electron chi connectivity index (χ2n) is 13.0. The van der Waals surface area contributed by atoms with Gasteiger partial charge in [0.2, 0.25) is 0 Å². The van der Waals surface area contributed by atoms with E-state index >= 15 is 0 Å². The third-order valence-electron chi connectivity index (χ3n) is 8.26. The van der Waals surface area contributed by atoms with Crippen molar-refractivity contribution in [2.75, 3.05) is 13.2 Å². The normalized spacial score (nSPS) is 13.0. The highest BCUT2D eigenvalue weighted by Gasteiger charge is 2.16. The van der Waals surface area contributed by atoms with Gasteiger partial charge in [0, 0.05) is 12.8 Å². The average molecular weight is 683 g/mol. The van der Waals surface area contributed by atoms with E-state index in [1.165, 1.54) is 70.6 Å². The Morgan fingerprint density at radius 1 is 0.490 bits per heavy atom. The number of carbonyl (C=O) groups is 2. The van der Waals surface area contributed by atoms with E-state index in [1.807, 2.05) is 0 Å². The predicted molar refractivity (Wildman–Crippen MR) is 210 cm³/mol. The second-order valence-corrected chi connectivity index (χ2v) is 13.0. The van der Waals surface area contributed by atoms with Gasteiger partial charge in [-0.1, -0.05) is 170 Å². The van der Waals surface area contributed by atoms with Crippen LogP contribution >= 0.6 is 0 Å². The Morgan fingerprint density at radius 2 is 0.878 bits per heavy atom. The van der Waals surface area contributed by atoms with Crippen LogP contribution in [0.25, 0.3) is 0 Å². The summed E-state index contributed by atoms with van der Waals surface area (Å²) >= 11 is 0. The number of hydrogen-bond donors (Lipinski definition) is 1. The average Bonchev–Trinajstić information content (AvgIpc) is 3.10. The summed E-state index contributed by atoms with van der Waals surface area (Å²) in [6.45, 7) is 3.94. The summed E-state index contributed by atoms with van der Waals surface area (Å²) in [5.74, 6) is -0.610. The molecule has 1 N–H and O–H groups in total. The molecule has 0 heterocycles. The molecule has 0 saturated carbocycles. The van der Waals surface area contributed by atoms with Crippen LogP contribution in [-0.4, -0.2) is 36.4 Å². The lowest BCUT2D eigenvalue weighted by Gasteiger charge is -2.15. The highest BCUT2D eigenvalue weighted by atomic mass is 16.6. The lowest BCUT2D eigenvalue weighted by molar-refractivity contribution is -0.161. The second kappa shape index (κ2) is 39.8. The minimum Gasteiger partial charge on any atom is -0.462 e. The molecule has 280 valence electrons. The van der Waals surface area contributed by atoms with Crippen molar-refractivity contribution in [3.05, 3.63) is 72.9 Å². The minimum atomic E-state index is -0.772. The number of aliphatic hydroxyl groups excluding tert-OH is 1. The van der Waals surface area contributed by atoms with Gasteiger partial charge in [-0.05, 0) is 64.2 Å². The van der Waals surface area contributed by atoms with Crippen LogP contribution < -0.4 is 0 Å². The van der Waals surface area contributed by atoms with Gasteiger partial charge in [0.15, 0.2) is 6.10 Å². The summed E-state index contributed by atoms with van der Waals surface area (Å²) in [5.41, 5.74) is 0. The Bertz CT molecular complexity index is 910. The highest BCUT2D eigenvalue weighted by molar-refractivity contribution is 5.70. The lowest BCUT2D eigenvalue weighted by atomic mass is 10.0. The van der Waals surface area contributed by atoms with E-state index in [2.05, 4.69) is 86.8 Å². The van der Waals surface area contributed by atoms with E-state index in [9.17, 15) is 14.7 Å². The molecule has 0 aromatic heterocycles. The fourth-order valence-electron chi connectivity index (χ4n) is 5.26. The first-order valence-corrected chi connectivity index (χ1v) is 20.0. The van der Waals surface area contributed by atoms with Gasteiger partial charge in [-0.15, -0.1) is 0 Å². The summed E-state index contributed by atoms with van der Waals surface area (Å²) in [7, 11) is 0. The molecule has 0 aromatic rings. The number of hydrogen-bond acceptors (Lipinski definition) is 5. The molecule has 0 rings (SSSR count). The Balaban J connectivity index is 3.54. The Hall–Kier alpha value is -2.66. The van der Waals surface area contributed by atoms with E-state index in [0.29, 0.717) is 12.8 Å². The molecular formula is C44H74O5. The highest BCUT2D eigenvalue weighted by Crippen LogP contribution is 2.13. The summed E-state index contributed by atoms with van der Waals surface area (Å²) < 4.78 is 10.5. The summed E-state index contributed by atoms with van der Waals surface area (Å²) in [6, 6.07) is 0. The predicted octanol–water partition coefficient (Wildman–Crippen LogP) is 12.6. The van der Waals surface area contributed by atoms with Crippen LogP contribution in [0, 0.1) is 0 Å². The van der Waals surface area contributed by atoms with Crippen molar-refractivity contribution in [3.63, 3.8) is 0 Å². The molecule has 0 radical (unpaired) electrons. The molecule has 0 fully saturated rings. The van der Waals surface area contributed by atoms with Gasteiger partial charge >= 0.3 is 11.9 Å². The monoisotopic (exact) mass is 683 g/mol. The van der Waals surface area contributed by atoms with E-state index in [-0.39, 0.29) is 25.2 Å². The van der Waals surface area contributed by atoms with Crippen LogP contribution in [0.5, 0.6) is 0 Å². The van der Waals surface area contributed by atoms with Gasteiger partial charge < -0.3 is 14.6 Å². The lowest BCUT2D eigenvalue weighted by Crippen LogP contribution is -2.28. The third-order valence-corrected chi connectivity index (χ3v) is 8.26. The molecule has 5 heteroatoms. The smallest absolute Gasteiger partial charge is 0.306 e. The summed E-state index contributed by atoms with van der Waals surface area (Å²) in [6.07, 6.45) is 52.8. The molecule has 0 aliphatic carbocycles. The SMILES string of the molecule is CC/C=C\C/C=C\C/C=C\C/C=C\C/C=C\C/C=C\CCCCCCCCCCCCC(=O)OC(CO)COC(=O)CCCCCCCC. The number of ether oxygens (including phenoxy) is 2. The molecule has 0 aromatic carbocycles. The number of rotatable bonds is 35. The maximum absolute atomic E-state index is 12.1. The number of unbranched alkanes of at least 4 members (excludes halogenated alkanes) is 15. The first-order valence-electron chi connectivity index (χ1n) is 20.0. The van der Waals surface area contributed by atoms with Gasteiger partial charge in [0.1, 0.15) is 6.61 Å². The van der Waals surface area contributed by atoms with Crippen LogP contribution in [0.1, 0.15) is 174 Å². The zero-order chi connectivity index (χ0) is 35.7. The van der Waals surface area contributed by atoms with Gasteiger partial charge in [-0.2, -0.15) is 0 Å². The molecule has 49 heavy (non-hydrogen) atoms. The maximum atomic E-state index is 12.1. The molecule has 0 aliphatic rings. The number of aliphatic hydroxyl groups is 1. The van der Waals surface area contributed by atoms with Crippen LogP contribution in [0.2, 0.25) is 0 Å². The first-order chi connectivity index (χ1) is 24.1. The van der Waals surface area contributed by atoms with Crippen molar-refractivity contribution >= 4 is 11.9 Å². The molecule has 0 spiro atoms. The number of allylic oxidation sites excluding steroid dienone is 12. The number of carbonyl (C=O) groups excluding carboxylic acids is 2. The Labute approximate surface area is 302 Å². The third kappa shape index (κ3) is 38.0. The summed E-state index contributed by atoms with van der Waals surface area (Å²) in [4.78, 5) is 24.0. The van der Waals surface area contributed by atoms with Crippen molar-refractivity contribution in [3.8, 4) is 0 Å². The van der Waals surface area contributed by atoms with Gasteiger partial charge in [-0.3, -0.25) is 9.59 Å². The van der Waals surface area contributed by atoms with Crippen molar-refractivity contribution in [1.29, 1.82) is 0 Å². The van der Waals surface area contributed by atoms with Gasteiger partial charge in [0.05, 0.1) is 6.61 Å². The molecule has 0 aliphatic heterocycles. The molecule has 5 nitrogen and oxygen atoms in total. The largest absolute Gasteiger partial charge is 0.462 e. The molecule has 0 bridgehead atoms. The standard InChI is InChI=1S/C44H74O5/c1-3-5-7-9-11-12-13-14-15-16-17-18-19-20-21-22-23-24-25-26-27-28-29-30-31-32-33-35-37-39-44(47)49-42(40-45)41-48-43(46)38-36-34-10-8-6-4-2/h5,7,11-12,14-15,17-18,20-21,23-24,42,45H,3-4,6,8-10,13,16,19,22,25-41H2,1-2H3/b7-5-,12-11-,15-14-,18-17-,21-20-,24-23-. The molecular weight excluding hydrogens is 608 g/mol. The zero-order valence-electron chi connectivity index (χ0n) is 31.7. The molecule has 0 saturated heterocycles. The van der Waals surface area contributed by atoms with Crippen molar-refractivity contribution in [2.24, 2.45) is 0 Å². The van der Waals surface area contributed by atoms with Gasteiger partial charge in [-0.25, -0.2) is 0 Å². The molecule has 1 unspecified atom stereocenters. The van der Waals surface area contributed by atoms with E-state index in [0.717, 1.165) is 77.0 Å². The molecule has 0 amide bonds. The van der Waals surface area contributed by atoms with E-state index < -0.39 is 6.10 Å². The first kappa shape index (κ1) is 46.3. The molecule has 1 atom stereocenters. The minimum absolute atomic E-state index is 0.0700. The van der Waals surface area contributed by atoms with Crippen LogP contribution in [0.4, 0.5) is 0 Å². The zero-order valence-corrected chi connectivity index (χ0v) is 31.7. The van der Waals surface area contributed by atoms with Crippen LogP contribution in [0.15, 0.2) is 72.9 Å². The Morgan fingerprint density at radius 3 is 1.33 bits per heavy atom. The van der Waals surface area contributed by atoms with Gasteiger partial charge in [0.25, 0.3) is 0 Å². The topological polar surface area (TPSA) is 72.8 Å². The number of esters is 2. The van der Waals surface area contributed by atoms with Crippen molar-refractivity contribution in [2.45, 2.75) is 180 Å². The van der Waals surface area contributed by atoms with Crippen LogP contribution in [-0.2, 0) is 19.1 Å². The maximum Gasteiger partial charge on any atom is 0.306 e. The van der Waals surface area contributed by atoms with E-state index in [1.54, 1.807) is 0 Å². The van der Waals surface area contributed by atoms with Crippen molar-refractivity contribution < 1.29 is 24.2 Å². The quantitative estimate of drug-likeness (QED) is 0.0409. The Kier molecular flexibility index (Phi) is 37.6. The van der Waals surface area contributed by atoms with Crippen LogP contribution in [0.3, 0.4) is 0 Å². The van der Waals surface area contributed by atoms with Crippen molar-refractivity contribution in [1.82, 2.24) is 0 Å². The summed E-state index contributed by atoms with van der Waals surface area (Å²) in [5, 5.41) is 9.49. The fourth-order valence-corrected chi connectivity index (χ4v) is 5.26.